The molecule has 2 aliphatic rings. The molecule has 4 aromatic rings. The number of thiazole rings is 1. The van der Waals surface area contributed by atoms with E-state index in [1.165, 1.54) is 34.8 Å². The van der Waals surface area contributed by atoms with E-state index in [4.69, 9.17) is 9.73 Å². The molecule has 0 spiro atoms. The second-order valence-electron chi connectivity index (χ2n) is 10.2. The van der Waals surface area contributed by atoms with Crippen LogP contribution in [0.25, 0.3) is 11.8 Å². The van der Waals surface area contributed by atoms with Gasteiger partial charge < -0.3 is 14.5 Å². The Labute approximate surface area is 255 Å². The molecule has 0 unspecified atom stereocenters. The lowest BCUT2D eigenvalue weighted by Gasteiger charge is -2.34. The normalized spacial score (nSPS) is 17.5. The highest BCUT2D eigenvalue weighted by Gasteiger charge is 2.35. The van der Waals surface area contributed by atoms with E-state index in [0.717, 1.165) is 42.3 Å². The minimum absolute atomic E-state index is 0.0515. The first kappa shape index (κ1) is 28.7. The molecule has 0 bridgehead atoms. The van der Waals surface area contributed by atoms with Crippen LogP contribution in [0.1, 0.15) is 29.0 Å². The molecule has 0 saturated carbocycles. The van der Waals surface area contributed by atoms with Crippen molar-refractivity contribution in [2.24, 2.45) is 4.99 Å². The van der Waals surface area contributed by atoms with Crippen molar-refractivity contribution >= 4 is 51.8 Å². The van der Waals surface area contributed by atoms with Crippen LogP contribution in [0.5, 0.6) is 0 Å². The summed E-state index contributed by atoms with van der Waals surface area (Å²) in [5.74, 6) is -0.534. The number of non-ortho nitro benzene ring substituents is 1. The van der Waals surface area contributed by atoms with Gasteiger partial charge >= 0.3 is 5.97 Å². The highest BCUT2D eigenvalue weighted by atomic mass is 32.1. The Bertz CT molecular complexity index is 1890. The lowest BCUT2D eigenvalue weighted by molar-refractivity contribution is -0.384. The molecule has 1 saturated heterocycles. The number of hydrogen-bond acceptors (Lipinski definition) is 10. The van der Waals surface area contributed by atoms with Crippen LogP contribution in [-0.4, -0.2) is 60.2 Å². The van der Waals surface area contributed by atoms with Gasteiger partial charge in [0, 0.05) is 60.0 Å². The van der Waals surface area contributed by atoms with E-state index in [-0.39, 0.29) is 17.9 Å². The molecule has 1 fully saturated rings. The summed E-state index contributed by atoms with van der Waals surface area (Å²) in [5, 5.41) is 13.6. The molecule has 0 amide bonds. The zero-order valence-electron chi connectivity index (χ0n) is 23.6. The van der Waals surface area contributed by atoms with Crippen molar-refractivity contribution in [3.05, 3.63) is 117 Å². The highest BCUT2D eigenvalue weighted by molar-refractivity contribution is 7.10. The number of nitro benzene ring substituents is 1. The quantitative estimate of drug-likeness (QED) is 0.177. The number of carbonyl (C=O) groups is 1. The van der Waals surface area contributed by atoms with Gasteiger partial charge in [-0.1, -0.05) is 47.7 Å². The number of rotatable bonds is 7. The van der Waals surface area contributed by atoms with Gasteiger partial charge in [-0.25, -0.2) is 9.79 Å². The summed E-state index contributed by atoms with van der Waals surface area (Å²) in [7, 11) is 2.06. The molecule has 0 N–H and O–H groups in total. The number of likely N-dealkylation sites (N-methyl/N-ethyl adjacent to an activating group) is 1. The first-order valence-corrected chi connectivity index (χ1v) is 15.6. The van der Waals surface area contributed by atoms with Gasteiger partial charge in [0.2, 0.25) is 0 Å². The van der Waals surface area contributed by atoms with Crippen LogP contribution >= 0.6 is 22.7 Å². The summed E-state index contributed by atoms with van der Waals surface area (Å²) in [6, 6.07) is 17.2. The first-order chi connectivity index (χ1) is 20.9. The summed E-state index contributed by atoms with van der Waals surface area (Å²) >= 11 is 2.65. The Morgan fingerprint density at radius 2 is 1.88 bits per heavy atom. The van der Waals surface area contributed by atoms with Crippen LogP contribution in [0.2, 0.25) is 0 Å². The Morgan fingerprint density at radius 1 is 1.12 bits per heavy atom. The number of hydrogen-bond donors (Lipinski definition) is 0. The van der Waals surface area contributed by atoms with Gasteiger partial charge in [-0.2, -0.15) is 0 Å². The van der Waals surface area contributed by atoms with E-state index < -0.39 is 16.9 Å². The van der Waals surface area contributed by atoms with Crippen LogP contribution in [0, 0.1) is 10.1 Å². The third-order valence-electron chi connectivity index (χ3n) is 7.54. The molecule has 0 radical (unpaired) electrons. The number of benzene rings is 2. The summed E-state index contributed by atoms with van der Waals surface area (Å²) in [4.78, 5) is 49.5. The third kappa shape index (κ3) is 5.56. The van der Waals surface area contributed by atoms with Gasteiger partial charge in [-0.3, -0.25) is 19.5 Å². The fraction of sp³-hybridized carbons (Fsp3) is 0.258. The fourth-order valence-electron chi connectivity index (χ4n) is 5.40. The zero-order valence-corrected chi connectivity index (χ0v) is 25.3. The number of aromatic nitrogens is 1. The predicted octanol–water partition coefficient (Wildman–Crippen LogP) is 3.66. The van der Waals surface area contributed by atoms with Crippen LogP contribution in [0.3, 0.4) is 0 Å². The second-order valence-corrected chi connectivity index (χ2v) is 12.2. The summed E-state index contributed by atoms with van der Waals surface area (Å²) < 4.78 is 7.42. The SMILES string of the molecule is CCOC(=O)C1=C(c2ccccc2)N=c2s/c(=C/c3cc([N+](=O)[O-])ccc3N3CCN(C)CC3)c(=O)n2[C@H]1c1cccs1. The smallest absolute Gasteiger partial charge is 0.338 e. The number of nitro groups is 1. The van der Waals surface area contributed by atoms with Gasteiger partial charge in [0.05, 0.1) is 27.3 Å². The largest absolute Gasteiger partial charge is 0.463 e. The van der Waals surface area contributed by atoms with Gasteiger partial charge in [0.25, 0.3) is 11.2 Å². The number of carbonyl (C=O) groups excluding carboxylic acids is 1. The maximum absolute atomic E-state index is 14.2. The average molecular weight is 616 g/mol. The first-order valence-electron chi connectivity index (χ1n) is 13.9. The minimum atomic E-state index is -0.741. The second kappa shape index (κ2) is 12.1. The van der Waals surface area contributed by atoms with Crippen molar-refractivity contribution in [3.8, 4) is 0 Å². The summed E-state index contributed by atoms with van der Waals surface area (Å²) in [6.07, 6.45) is 1.71. The van der Waals surface area contributed by atoms with Crippen LogP contribution < -0.4 is 19.8 Å². The highest BCUT2D eigenvalue weighted by Crippen LogP contribution is 2.37. The zero-order chi connectivity index (χ0) is 30.1. The Kier molecular flexibility index (Phi) is 8.06. The minimum Gasteiger partial charge on any atom is -0.463 e. The van der Waals surface area contributed by atoms with E-state index in [1.54, 1.807) is 23.6 Å². The number of anilines is 1. The maximum atomic E-state index is 14.2. The number of thiophene rings is 1. The lowest BCUT2D eigenvalue weighted by Crippen LogP contribution is -2.44. The van der Waals surface area contributed by atoms with E-state index >= 15 is 0 Å². The Hall–Kier alpha value is -4.39. The molecule has 2 aromatic carbocycles. The molecule has 43 heavy (non-hydrogen) atoms. The molecule has 0 aliphatic carbocycles. The van der Waals surface area contributed by atoms with Crippen molar-refractivity contribution < 1.29 is 14.5 Å². The fourth-order valence-corrected chi connectivity index (χ4v) is 7.22. The molecule has 12 heteroatoms. The molecule has 2 aliphatic heterocycles. The molecule has 220 valence electrons. The number of fused-ring (bicyclic) bond motifs is 1. The van der Waals surface area contributed by atoms with Gasteiger partial charge in [0.15, 0.2) is 4.80 Å². The molecule has 2 aromatic heterocycles. The molecular formula is C31H29N5O5S2. The van der Waals surface area contributed by atoms with E-state index in [0.29, 0.717) is 26.2 Å². The Morgan fingerprint density at radius 3 is 2.56 bits per heavy atom. The van der Waals surface area contributed by atoms with E-state index in [2.05, 4.69) is 16.8 Å². The average Bonchev–Trinajstić information content (AvgIpc) is 3.66. The summed E-state index contributed by atoms with van der Waals surface area (Å²) in [5.41, 5.74) is 2.53. The third-order valence-corrected chi connectivity index (χ3v) is 9.45. The Balaban J connectivity index is 1.58. The topological polar surface area (TPSA) is 110 Å². The van der Waals surface area contributed by atoms with Crippen LogP contribution in [0.4, 0.5) is 11.4 Å². The monoisotopic (exact) mass is 615 g/mol. The van der Waals surface area contributed by atoms with Crippen molar-refractivity contribution in [3.63, 3.8) is 0 Å². The van der Waals surface area contributed by atoms with Gasteiger partial charge in [0.1, 0.15) is 6.04 Å². The predicted molar refractivity (Wildman–Crippen MR) is 168 cm³/mol. The van der Waals surface area contributed by atoms with Gasteiger partial charge in [-0.15, -0.1) is 11.3 Å². The van der Waals surface area contributed by atoms with Crippen molar-refractivity contribution in [1.29, 1.82) is 0 Å². The van der Waals surface area contributed by atoms with Crippen molar-refractivity contribution in [2.45, 2.75) is 13.0 Å². The van der Waals surface area contributed by atoms with E-state index in [9.17, 15) is 19.7 Å². The van der Waals surface area contributed by atoms with Crippen molar-refractivity contribution in [2.75, 3.05) is 44.7 Å². The standard InChI is InChI=1S/C31H29N5O5S2/c1-3-41-30(38)26-27(20-8-5-4-6-9-20)32-31-35(28(26)24-10-7-17-42-24)29(37)25(43-31)19-21-18-22(36(39)40)11-12-23(21)34-15-13-33(2)14-16-34/h4-12,17-19,28H,3,13-16H2,1-2H3/b25-19+/t28-/m0/s1. The molecule has 4 heterocycles. The van der Waals surface area contributed by atoms with Gasteiger partial charge in [-0.05, 0) is 37.6 Å². The molecular weight excluding hydrogens is 587 g/mol. The molecule has 6 rings (SSSR count). The number of piperazine rings is 1. The lowest BCUT2D eigenvalue weighted by atomic mass is 9.97. The van der Waals surface area contributed by atoms with E-state index in [1.807, 2.05) is 47.8 Å². The maximum Gasteiger partial charge on any atom is 0.338 e. The molecule has 10 nitrogen and oxygen atoms in total. The number of esters is 1. The summed E-state index contributed by atoms with van der Waals surface area (Å²) in [6.45, 7) is 5.16. The molecule has 1 atom stereocenters. The number of ether oxygens (including phenoxy) is 1. The van der Waals surface area contributed by atoms with Crippen LogP contribution in [0.15, 0.2) is 81.4 Å². The van der Waals surface area contributed by atoms with Crippen LogP contribution in [-0.2, 0) is 9.53 Å². The van der Waals surface area contributed by atoms with Crippen molar-refractivity contribution in [1.82, 2.24) is 9.47 Å². The number of nitrogens with zero attached hydrogens (tertiary/aromatic N) is 5.